The zero-order valence-electron chi connectivity index (χ0n) is 12.9. The molecule has 21 heavy (non-hydrogen) atoms. The van der Waals surface area contributed by atoms with E-state index in [0.29, 0.717) is 5.92 Å². The van der Waals surface area contributed by atoms with Gasteiger partial charge >= 0.3 is 0 Å². The highest BCUT2D eigenvalue weighted by Gasteiger charge is 2.32. The number of likely N-dealkylation sites (tertiary alicyclic amines) is 1. The normalized spacial score (nSPS) is 23.7. The quantitative estimate of drug-likeness (QED) is 0.669. The number of nitrogens with zero attached hydrogens (tertiary/aromatic N) is 2. The van der Waals surface area contributed by atoms with Gasteiger partial charge in [0.05, 0.1) is 4.92 Å². The number of nitrogens with one attached hydrogen (secondary N) is 1. The molecule has 5 heteroatoms. The maximum absolute atomic E-state index is 11.3. The van der Waals surface area contributed by atoms with Gasteiger partial charge in [0.15, 0.2) is 0 Å². The minimum Gasteiger partial charge on any atom is -0.317 e. The molecular weight excluding hydrogens is 266 g/mol. The Morgan fingerprint density at radius 2 is 2.14 bits per heavy atom. The highest BCUT2D eigenvalue weighted by Crippen LogP contribution is 2.37. The van der Waals surface area contributed by atoms with Crippen LogP contribution in [0.2, 0.25) is 0 Å². The van der Waals surface area contributed by atoms with E-state index in [1.807, 2.05) is 12.1 Å². The van der Waals surface area contributed by atoms with Gasteiger partial charge in [0.2, 0.25) is 0 Å². The summed E-state index contributed by atoms with van der Waals surface area (Å²) in [5.74, 6) is 0.415. The van der Waals surface area contributed by atoms with Crippen LogP contribution in [-0.4, -0.2) is 36.5 Å². The fraction of sp³-hybridized carbons (Fsp3) is 0.625. The van der Waals surface area contributed by atoms with Crippen LogP contribution in [-0.2, 0) is 0 Å². The van der Waals surface area contributed by atoms with Crippen LogP contribution < -0.4 is 5.32 Å². The fourth-order valence-electron chi connectivity index (χ4n) is 3.36. The Bertz CT molecular complexity index is 478. The first-order valence-corrected chi connectivity index (χ1v) is 7.79. The SMILES string of the molecule is CCNCC1CCCCN(C)C1c1ccccc1[N+](=O)[O-]. The Hall–Kier alpha value is -1.46. The average molecular weight is 291 g/mol. The number of benzene rings is 1. The average Bonchev–Trinajstić information content (AvgIpc) is 2.66. The van der Waals surface area contributed by atoms with Gasteiger partial charge in [0.25, 0.3) is 5.69 Å². The van der Waals surface area contributed by atoms with E-state index >= 15 is 0 Å². The molecule has 0 radical (unpaired) electrons. The van der Waals surface area contributed by atoms with Crippen molar-refractivity contribution < 1.29 is 4.92 Å². The molecule has 116 valence electrons. The van der Waals surface area contributed by atoms with Gasteiger partial charge in [-0.15, -0.1) is 0 Å². The highest BCUT2D eigenvalue weighted by atomic mass is 16.6. The Labute approximate surface area is 126 Å². The lowest BCUT2D eigenvalue weighted by Crippen LogP contribution is -2.35. The number of para-hydroxylation sites is 1. The molecule has 0 spiro atoms. The van der Waals surface area contributed by atoms with Gasteiger partial charge in [-0.05, 0) is 45.4 Å². The summed E-state index contributed by atoms with van der Waals surface area (Å²) in [6, 6.07) is 7.32. The molecule has 1 heterocycles. The van der Waals surface area contributed by atoms with E-state index in [9.17, 15) is 10.1 Å². The molecule has 2 rings (SSSR count). The second-order valence-electron chi connectivity index (χ2n) is 5.80. The maximum Gasteiger partial charge on any atom is 0.274 e. The van der Waals surface area contributed by atoms with Crippen molar-refractivity contribution in [2.24, 2.45) is 5.92 Å². The van der Waals surface area contributed by atoms with Gasteiger partial charge in [-0.1, -0.05) is 31.5 Å². The van der Waals surface area contributed by atoms with Gasteiger partial charge in [-0.2, -0.15) is 0 Å². The van der Waals surface area contributed by atoms with Gasteiger partial charge in [0, 0.05) is 17.7 Å². The van der Waals surface area contributed by atoms with E-state index in [1.54, 1.807) is 12.1 Å². The predicted molar refractivity (Wildman–Crippen MR) is 84.4 cm³/mol. The molecule has 0 aromatic heterocycles. The van der Waals surface area contributed by atoms with E-state index in [-0.39, 0.29) is 16.7 Å². The number of nitro benzene ring substituents is 1. The zero-order chi connectivity index (χ0) is 15.2. The Kier molecular flexibility index (Phi) is 5.70. The van der Waals surface area contributed by atoms with Crippen LogP contribution >= 0.6 is 0 Å². The Morgan fingerprint density at radius 1 is 1.38 bits per heavy atom. The summed E-state index contributed by atoms with van der Waals surface area (Å²) in [6.07, 6.45) is 3.47. The van der Waals surface area contributed by atoms with Crippen molar-refractivity contribution in [1.82, 2.24) is 10.2 Å². The van der Waals surface area contributed by atoms with Crippen LogP contribution in [0.25, 0.3) is 0 Å². The van der Waals surface area contributed by atoms with Crippen LogP contribution in [0.1, 0.15) is 37.8 Å². The molecule has 0 bridgehead atoms. The first-order chi connectivity index (χ1) is 10.1. The summed E-state index contributed by atoms with van der Waals surface area (Å²) in [6.45, 7) is 4.95. The van der Waals surface area contributed by atoms with Gasteiger partial charge < -0.3 is 5.32 Å². The molecule has 1 fully saturated rings. The van der Waals surface area contributed by atoms with Crippen LogP contribution in [0.5, 0.6) is 0 Å². The van der Waals surface area contributed by atoms with E-state index in [1.165, 1.54) is 6.42 Å². The summed E-state index contributed by atoms with van der Waals surface area (Å²) in [5, 5.41) is 14.8. The van der Waals surface area contributed by atoms with Crippen LogP contribution in [0.15, 0.2) is 24.3 Å². The lowest BCUT2D eigenvalue weighted by molar-refractivity contribution is -0.386. The van der Waals surface area contributed by atoms with Crippen molar-refractivity contribution >= 4 is 5.69 Å². The third-order valence-electron chi connectivity index (χ3n) is 4.37. The second kappa shape index (κ2) is 7.52. The van der Waals surface area contributed by atoms with Crippen molar-refractivity contribution in [2.45, 2.75) is 32.2 Å². The first-order valence-electron chi connectivity index (χ1n) is 7.79. The molecule has 5 nitrogen and oxygen atoms in total. The van der Waals surface area contributed by atoms with Crippen molar-refractivity contribution in [2.75, 3.05) is 26.7 Å². The number of nitro groups is 1. The predicted octanol–water partition coefficient (Wildman–Crippen LogP) is 2.98. The molecule has 1 aromatic carbocycles. The first kappa shape index (κ1) is 15.9. The van der Waals surface area contributed by atoms with E-state index in [2.05, 4.69) is 24.2 Å². The molecule has 1 aromatic rings. The van der Waals surface area contributed by atoms with Crippen LogP contribution in [0, 0.1) is 16.0 Å². The monoisotopic (exact) mass is 291 g/mol. The van der Waals surface area contributed by atoms with Gasteiger partial charge in [-0.3, -0.25) is 15.0 Å². The Morgan fingerprint density at radius 3 is 2.86 bits per heavy atom. The summed E-state index contributed by atoms with van der Waals surface area (Å²) >= 11 is 0. The molecule has 2 unspecified atom stereocenters. The van der Waals surface area contributed by atoms with Crippen molar-refractivity contribution in [1.29, 1.82) is 0 Å². The van der Waals surface area contributed by atoms with Gasteiger partial charge in [-0.25, -0.2) is 0 Å². The molecule has 0 amide bonds. The summed E-state index contributed by atoms with van der Waals surface area (Å²) < 4.78 is 0. The zero-order valence-corrected chi connectivity index (χ0v) is 12.9. The smallest absolute Gasteiger partial charge is 0.274 e. The molecule has 1 N–H and O–H groups in total. The lowest BCUT2D eigenvalue weighted by Gasteiger charge is -2.32. The molecule has 1 aliphatic heterocycles. The topological polar surface area (TPSA) is 58.4 Å². The number of hydrogen-bond acceptors (Lipinski definition) is 4. The van der Waals surface area contributed by atoms with Gasteiger partial charge in [0.1, 0.15) is 0 Å². The summed E-state index contributed by atoms with van der Waals surface area (Å²) in [7, 11) is 2.09. The van der Waals surface area contributed by atoms with E-state index in [0.717, 1.165) is 38.0 Å². The molecule has 1 aliphatic rings. The van der Waals surface area contributed by atoms with Crippen molar-refractivity contribution in [3.63, 3.8) is 0 Å². The van der Waals surface area contributed by atoms with Crippen molar-refractivity contribution in [3.8, 4) is 0 Å². The number of hydrogen-bond donors (Lipinski definition) is 1. The second-order valence-corrected chi connectivity index (χ2v) is 5.80. The molecule has 0 saturated carbocycles. The minimum absolute atomic E-state index is 0.119. The standard InChI is InChI=1S/C16H25N3O2/c1-3-17-12-13-8-6-7-11-18(2)16(13)14-9-4-5-10-15(14)19(20)21/h4-5,9-10,13,16-17H,3,6-8,11-12H2,1-2H3. The molecule has 2 atom stereocenters. The van der Waals surface area contributed by atoms with Crippen LogP contribution in [0.3, 0.4) is 0 Å². The third-order valence-corrected chi connectivity index (χ3v) is 4.37. The van der Waals surface area contributed by atoms with Crippen molar-refractivity contribution in [3.05, 3.63) is 39.9 Å². The third kappa shape index (κ3) is 3.80. The summed E-state index contributed by atoms with van der Waals surface area (Å²) in [5.41, 5.74) is 1.10. The Balaban J connectivity index is 2.36. The highest BCUT2D eigenvalue weighted by molar-refractivity contribution is 5.42. The van der Waals surface area contributed by atoms with E-state index < -0.39 is 0 Å². The maximum atomic E-state index is 11.3. The van der Waals surface area contributed by atoms with E-state index in [4.69, 9.17) is 0 Å². The largest absolute Gasteiger partial charge is 0.317 e. The fourth-order valence-corrected chi connectivity index (χ4v) is 3.36. The summed E-state index contributed by atoms with van der Waals surface area (Å²) in [4.78, 5) is 13.4. The molecular formula is C16H25N3O2. The lowest BCUT2D eigenvalue weighted by atomic mass is 9.88. The molecule has 1 saturated heterocycles. The minimum atomic E-state index is -0.252. The number of rotatable bonds is 5. The van der Waals surface area contributed by atoms with Crippen LogP contribution in [0.4, 0.5) is 5.69 Å². The molecule has 0 aliphatic carbocycles.